The number of hydrogen-bond donors (Lipinski definition) is 0. The molecule has 146 valence electrons. The predicted octanol–water partition coefficient (Wildman–Crippen LogP) is 5.44. The van der Waals surface area contributed by atoms with Gasteiger partial charge < -0.3 is 4.74 Å². The molecule has 0 unspecified atom stereocenters. The fourth-order valence-corrected chi connectivity index (χ4v) is 3.79. The van der Waals surface area contributed by atoms with Gasteiger partial charge in [0.05, 0.1) is 6.61 Å². The average Bonchev–Trinajstić information content (AvgIpc) is 2.68. The number of hydrogen-bond acceptors (Lipinski definition) is 3. The maximum atomic E-state index is 12.9. The van der Waals surface area contributed by atoms with Gasteiger partial charge in [-0.15, -0.1) is 0 Å². The van der Waals surface area contributed by atoms with Gasteiger partial charge in [-0.3, -0.25) is 9.59 Å². The zero-order valence-corrected chi connectivity index (χ0v) is 17.1. The summed E-state index contributed by atoms with van der Waals surface area (Å²) in [6.07, 6.45) is 2.27. The predicted molar refractivity (Wildman–Crippen MR) is 112 cm³/mol. The molecule has 0 saturated heterocycles. The molecule has 2 atom stereocenters. The van der Waals surface area contributed by atoms with Crippen LogP contribution in [0.3, 0.4) is 0 Å². The molecule has 28 heavy (non-hydrogen) atoms. The maximum absolute atomic E-state index is 12.9. The third-order valence-electron chi connectivity index (χ3n) is 5.46. The van der Waals surface area contributed by atoms with Crippen LogP contribution in [0.5, 0.6) is 0 Å². The lowest BCUT2D eigenvalue weighted by Crippen LogP contribution is -2.34. The largest absolute Gasteiger partial charge is 0.465 e. The highest BCUT2D eigenvalue weighted by Crippen LogP contribution is 2.40. The van der Waals surface area contributed by atoms with Gasteiger partial charge >= 0.3 is 5.97 Å². The number of ketones is 1. The molecule has 3 rings (SSSR count). The number of carbonyl (C=O) groups excluding carboxylic acids is 2. The summed E-state index contributed by atoms with van der Waals surface area (Å²) >= 11 is 0. The molecule has 1 aliphatic carbocycles. The molecule has 0 radical (unpaired) electrons. The summed E-state index contributed by atoms with van der Waals surface area (Å²) in [7, 11) is 0. The second-order valence-corrected chi connectivity index (χ2v) is 7.80. The second-order valence-electron chi connectivity index (χ2n) is 7.80. The van der Waals surface area contributed by atoms with Gasteiger partial charge in [0.2, 0.25) is 0 Å². The molecule has 2 aromatic rings. The van der Waals surface area contributed by atoms with Crippen LogP contribution in [0.15, 0.2) is 54.6 Å². The summed E-state index contributed by atoms with van der Waals surface area (Å²) in [6.45, 7) is 8.39. The number of benzene rings is 2. The molecule has 2 aromatic carbocycles. The first kappa shape index (κ1) is 20.1. The molecule has 3 nitrogen and oxygen atoms in total. The second kappa shape index (κ2) is 8.55. The number of ether oxygens (including phenoxy) is 1. The van der Waals surface area contributed by atoms with E-state index in [2.05, 4.69) is 38.1 Å². The van der Waals surface area contributed by atoms with Gasteiger partial charge in [0.1, 0.15) is 5.92 Å². The van der Waals surface area contributed by atoms with E-state index in [9.17, 15) is 9.59 Å². The van der Waals surface area contributed by atoms with E-state index in [1.54, 1.807) is 13.0 Å². The summed E-state index contributed by atoms with van der Waals surface area (Å²) in [5.41, 5.74) is 5.44. The summed E-state index contributed by atoms with van der Waals surface area (Å²) in [4.78, 5) is 25.5. The van der Waals surface area contributed by atoms with Crippen molar-refractivity contribution in [2.45, 2.75) is 46.0 Å². The monoisotopic (exact) mass is 376 g/mol. The summed E-state index contributed by atoms with van der Waals surface area (Å²) in [5, 5.41) is 0. The van der Waals surface area contributed by atoms with Gasteiger partial charge in [0, 0.05) is 5.92 Å². The fourth-order valence-electron chi connectivity index (χ4n) is 3.79. The molecule has 0 N–H and O–H groups in total. The quantitative estimate of drug-likeness (QED) is 0.516. The van der Waals surface area contributed by atoms with Gasteiger partial charge in [-0.1, -0.05) is 67.9 Å². The number of rotatable bonds is 5. The molecule has 0 aliphatic heterocycles. The molecular weight excluding hydrogens is 348 g/mol. The minimum Gasteiger partial charge on any atom is -0.465 e. The van der Waals surface area contributed by atoms with Crippen LogP contribution in [0.25, 0.3) is 5.57 Å². The molecule has 1 aliphatic rings. The minimum atomic E-state index is -0.779. The highest BCUT2D eigenvalue weighted by molar-refractivity contribution is 6.10. The van der Waals surface area contributed by atoms with E-state index >= 15 is 0 Å². The molecule has 0 amide bonds. The van der Waals surface area contributed by atoms with Crippen molar-refractivity contribution in [1.82, 2.24) is 0 Å². The van der Waals surface area contributed by atoms with Crippen molar-refractivity contribution in [3.8, 4) is 0 Å². The normalized spacial score (nSPS) is 19.5. The van der Waals surface area contributed by atoms with Gasteiger partial charge in [-0.05, 0) is 54.5 Å². The zero-order chi connectivity index (χ0) is 20.3. The molecule has 0 heterocycles. The highest BCUT2D eigenvalue weighted by Gasteiger charge is 2.39. The van der Waals surface area contributed by atoms with Crippen molar-refractivity contribution in [3.63, 3.8) is 0 Å². The minimum absolute atomic E-state index is 0.168. The maximum Gasteiger partial charge on any atom is 0.317 e. The molecule has 0 saturated carbocycles. The average molecular weight is 376 g/mol. The van der Waals surface area contributed by atoms with Crippen molar-refractivity contribution >= 4 is 17.3 Å². The third-order valence-corrected chi connectivity index (χ3v) is 5.46. The first-order valence-corrected chi connectivity index (χ1v) is 9.98. The fraction of sp³-hybridized carbons (Fsp3) is 0.360. The van der Waals surface area contributed by atoms with Gasteiger partial charge in [0.15, 0.2) is 5.78 Å². The van der Waals surface area contributed by atoms with Crippen LogP contribution in [-0.2, 0) is 14.3 Å². The molecule has 0 spiro atoms. The van der Waals surface area contributed by atoms with Crippen LogP contribution in [0, 0.1) is 12.8 Å². The number of esters is 1. The van der Waals surface area contributed by atoms with Crippen LogP contribution in [-0.4, -0.2) is 18.4 Å². The van der Waals surface area contributed by atoms with E-state index in [1.165, 1.54) is 11.1 Å². The zero-order valence-electron chi connectivity index (χ0n) is 17.1. The van der Waals surface area contributed by atoms with E-state index in [0.29, 0.717) is 12.3 Å². The van der Waals surface area contributed by atoms with E-state index in [0.717, 1.165) is 16.7 Å². The van der Waals surface area contributed by atoms with Crippen molar-refractivity contribution < 1.29 is 14.3 Å². The lowest BCUT2D eigenvalue weighted by molar-refractivity contribution is -0.151. The van der Waals surface area contributed by atoms with Gasteiger partial charge in [0.25, 0.3) is 0 Å². The van der Waals surface area contributed by atoms with E-state index in [-0.39, 0.29) is 18.3 Å². The highest BCUT2D eigenvalue weighted by atomic mass is 16.5. The number of allylic oxidation sites excluding steroid dienone is 2. The van der Waals surface area contributed by atoms with Gasteiger partial charge in [-0.25, -0.2) is 0 Å². The summed E-state index contributed by atoms with van der Waals surface area (Å²) in [6, 6.07) is 16.5. The Morgan fingerprint density at radius 3 is 2.29 bits per heavy atom. The smallest absolute Gasteiger partial charge is 0.317 e. The van der Waals surface area contributed by atoms with Crippen molar-refractivity contribution in [2.75, 3.05) is 6.61 Å². The van der Waals surface area contributed by atoms with Crippen molar-refractivity contribution in [2.24, 2.45) is 5.92 Å². The Morgan fingerprint density at radius 2 is 1.71 bits per heavy atom. The third kappa shape index (κ3) is 4.24. The van der Waals surface area contributed by atoms with Crippen LogP contribution in [0.1, 0.15) is 61.3 Å². The lowest BCUT2D eigenvalue weighted by Gasteiger charge is -2.29. The van der Waals surface area contributed by atoms with Crippen LogP contribution in [0.2, 0.25) is 0 Å². The summed E-state index contributed by atoms with van der Waals surface area (Å²) in [5.74, 6) is -1.15. The van der Waals surface area contributed by atoms with Gasteiger partial charge in [-0.2, -0.15) is 0 Å². The Balaban J connectivity index is 1.99. The molecular formula is C25H28O3. The number of aryl methyl sites for hydroxylation is 1. The summed E-state index contributed by atoms with van der Waals surface area (Å²) < 4.78 is 5.23. The molecule has 3 heteroatoms. The Bertz CT molecular complexity index is 873. The van der Waals surface area contributed by atoms with Crippen LogP contribution >= 0.6 is 0 Å². The first-order valence-electron chi connectivity index (χ1n) is 9.98. The Morgan fingerprint density at radius 1 is 1.07 bits per heavy atom. The van der Waals surface area contributed by atoms with E-state index in [4.69, 9.17) is 4.74 Å². The first-order chi connectivity index (χ1) is 13.4. The van der Waals surface area contributed by atoms with Crippen LogP contribution < -0.4 is 0 Å². The molecule has 0 fully saturated rings. The van der Waals surface area contributed by atoms with Crippen molar-refractivity contribution in [3.05, 3.63) is 76.9 Å². The molecule has 0 aromatic heterocycles. The topological polar surface area (TPSA) is 43.4 Å². The Kier molecular flexibility index (Phi) is 6.13. The lowest BCUT2D eigenvalue weighted by atomic mass is 9.73. The standard InChI is InChI=1S/C25H28O3/c1-5-28-25(27)24-22(20-12-10-18(11-13-20)16(2)3)14-21(15-23(24)26)19-8-6-17(4)7-9-19/h6-13,15-16,22,24H,5,14H2,1-4H3/t22-,24+/m1/s1. The number of carbonyl (C=O) groups is 2. The van der Waals surface area contributed by atoms with E-state index in [1.807, 2.05) is 31.2 Å². The Hall–Kier alpha value is -2.68. The molecule has 0 bridgehead atoms. The Labute approximate surface area is 167 Å². The SMILES string of the molecule is CCOC(=O)[C@@H]1C(=O)C=C(c2ccc(C)cc2)C[C@@H]1c1ccc(C(C)C)cc1. The van der Waals surface area contributed by atoms with Crippen molar-refractivity contribution in [1.29, 1.82) is 0 Å². The van der Waals surface area contributed by atoms with E-state index < -0.39 is 11.9 Å². The van der Waals surface area contributed by atoms with Crippen LogP contribution in [0.4, 0.5) is 0 Å².